The molecule has 0 unspecified atom stereocenters. The summed E-state index contributed by atoms with van der Waals surface area (Å²) in [5.41, 5.74) is 6.87. The molecule has 0 spiro atoms. The lowest BCUT2D eigenvalue weighted by Crippen LogP contribution is -2.15. The Kier molecular flexibility index (Phi) is 4.04. The molecule has 1 amide bonds. The number of rotatable bonds is 3. The first-order chi connectivity index (χ1) is 9.36. The van der Waals surface area contributed by atoms with Gasteiger partial charge in [0.2, 0.25) is 5.88 Å². The monoisotopic (exact) mass is 338 g/mol. The lowest BCUT2D eigenvalue weighted by atomic mass is 10.1. The third-order valence-electron chi connectivity index (χ3n) is 2.61. The second-order valence-corrected chi connectivity index (χ2v) is 5.25. The van der Waals surface area contributed by atoms with Crippen LogP contribution < -0.4 is 10.5 Å². The van der Waals surface area contributed by atoms with E-state index >= 15 is 0 Å². The van der Waals surface area contributed by atoms with Gasteiger partial charge in [0.25, 0.3) is 5.91 Å². The minimum Gasteiger partial charge on any atom is -0.438 e. The number of nitrogens with two attached hydrogens (primary N) is 1. The molecule has 2 rings (SSSR count). The molecule has 0 atom stereocenters. The average molecular weight is 339 g/mol. The number of halogens is 2. The average Bonchev–Trinajstić information content (AvgIpc) is 2.25. The number of amides is 1. The maximum atomic E-state index is 13.3. The molecule has 0 aliphatic heterocycles. The van der Waals surface area contributed by atoms with E-state index in [9.17, 15) is 9.18 Å². The highest BCUT2D eigenvalue weighted by atomic mass is 79.9. The lowest BCUT2D eigenvalue weighted by Gasteiger charge is -2.11. The molecule has 0 radical (unpaired) electrons. The first-order valence-electron chi connectivity index (χ1n) is 5.79. The number of hydrogen-bond acceptors (Lipinski definition) is 3. The number of aryl methyl sites for hydroxylation is 2. The van der Waals surface area contributed by atoms with Crippen molar-refractivity contribution in [3.05, 3.63) is 51.4 Å². The minimum atomic E-state index is -0.638. The van der Waals surface area contributed by atoms with Gasteiger partial charge in [-0.25, -0.2) is 9.37 Å². The first kappa shape index (κ1) is 14.5. The molecule has 0 aliphatic carbocycles. The predicted octanol–water partition coefficient (Wildman–Crippen LogP) is 3.49. The minimum absolute atomic E-state index is 0.0764. The van der Waals surface area contributed by atoms with Crippen LogP contribution in [0.25, 0.3) is 0 Å². The molecule has 0 saturated carbocycles. The molecule has 1 aromatic heterocycles. The molecular weight excluding hydrogens is 327 g/mol. The van der Waals surface area contributed by atoms with E-state index in [-0.39, 0.29) is 17.2 Å². The van der Waals surface area contributed by atoms with Crippen molar-refractivity contribution in [2.75, 3.05) is 0 Å². The molecule has 104 valence electrons. The van der Waals surface area contributed by atoms with Gasteiger partial charge in [-0.2, -0.15) is 0 Å². The predicted molar refractivity (Wildman–Crippen MR) is 76.4 cm³/mol. The zero-order chi connectivity index (χ0) is 14.9. The number of ether oxygens (including phenoxy) is 1. The molecule has 20 heavy (non-hydrogen) atoms. The zero-order valence-electron chi connectivity index (χ0n) is 10.9. The van der Waals surface area contributed by atoms with Crippen LogP contribution in [0.5, 0.6) is 11.6 Å². The van der Waals surface area contributed by atoms with Crippen LogP contribution in [-0.2, 0) is 0 Å². The highest BCUT2D eigenvalue weighted by Gasteiger charge is 2.16. The normalized spacial score (nSPS) is 10.4. The maximum Gasteiger partial charge on any atom is 0.254 e. The Morgan fingerprint density at radius 3 is 2.60 bits per heavy atom. The summed E-state index contributed by atoms with van der Waals surface area (Å²) < 4.78 is 19.4. The SMILES string of the molecule is Cc1cc(C)c(C(N)=O)c(Oc2cc(F)cc(Br)c2)n1. The number of primary amides is 1. The Labute approximate surface area is 123 Å². The Hall–Kier alpha value is -1.95. The second kappa shape index (κ2) is 5.58. The van der Waals surface area contributed by atoms with Crippen LogP contribution in [0.15, 0.2) is 28.7 Å². The number of hydrogen-bond donors (Lipinski definition) is 1. The number of nitrogens with zero attached hydrogens (tertiary/aromatic N) is 1. The summed E-state index contributed by atoms with van der Waals surface area (Å²) in [4.78, 5) is 15.6. The standard InChI is InChI=1S/C14H12BrFN2O2/c1-7-3-8(2)18-14(12(7)13(17)19)20-11-5-9(15)4-10(16)6-11/h3-6H,1-2H3,(H2,17,19). The largest absolute Gasteiger partial charge is 0.438 e. The van der Waals surface area contributed by atoms with E-state index in [0.717, 1.165) is 0 Å². The fourth-order valence-corrected chi connectivity index (χ4v) is 2.32. The summed E-state index contributed by atoms with van der Waals surface area (Å²) >= 11 is 3.17. The summed E-state index contributed by atoms with van der Waals surface area (Å²) in [6.45, 7) is 3.51. The van der Waals surface area contributed by atoms with Crippen molar-refractivity contribution in [1.82, 2.24) is 4.98 Å². The van der Waals surface area contributed by atoms with Gasteiger partial charge in [-0.15, -0.1) is 0 Å². The van der Waals surface area contributed by atoms with Gasteiger partial charge in [0.05, 0.1) is 0 Å². The Morgan fingerprint density at radius 2 is 2.00 bits per heavy atom. The third-order valence-corrected chi connectivity index (χ3v) is 3.07. The van der Waals surface area contributed by atoms with Crippen LogP contribution in [0.2, 0.25) is 0 Å². The van der Waals surface area contributed by atoms with Gasteiger partial charge in [-0.05, 0) is 37.6 Å². The van der Waals surface area contributed by atoms with Crippen molar-refractivity contribution in [3.8, 4) is 11.6 Å². The van der Waals surface area contributed by atoms with Gasteiger partial charge >= 0.3 is 0 Å². The summed E-state index contributed by atoms with van der Waals surface area (Å²) in [5.74, 6) is -0.788. The molecule has 4 nitrogen and oxygen atoms in total. The molecule has 0 fully saturated rings. The highest BCUT2D eigenvalue weighted by molar-refractivity contribution is 9.10. The molecule has 2 N–H and O–H groups in total. The van der Waals surface area contributed by atoms with Gasteiger partial charge < -0.3 is 10.5 Å². The smallest absolute Gasteiger partial charge is 0.254 e. The fourth-order valence-electron chi connectivity index (χ4n) is 1.88. The number of carbonyl (C=O) groups excluding carboxylic acids is 1. The van der Waals surface area contributed by atoms with E-state index in [1.165, 1.54) is 12.1 Å². The van der Waals surface area contributed by atoms with Gasteiger partial charge in [-0.3, -0.25) is 4.79 Å². The molecule has 2 aromatic rings. The molecule has 0 bridgehead atoms. The van der Waals surface area contributed by atoms with E-state index in [4.69, 9.17) is 10.5 Å². The second-order valence-electron chi connectivity index (χ2n) is 4.33. The van der Waals surface area contributed by atoms with Crippen molar-refractivity contribution < 1.29 is 13.9 Å². The van der Waals surface area contributed by atoms with Crippen molar-refractivity contribution in [2.45, 2.75) is 13.8 Å². The Morgan fingerprint density at radius 1 is 1.30 bits per heavy atom. The van der Waals surface area contributed by atoms with Crippen molar-refractivity contribution >= 4 is 21.8 Å². The molecule has 6 heteroatoms. The number of carbonyl (C=O) groups is 1. The van der Waals surface area contributed by atoms with E-state index in [0.29, 0.717) is 15.7 Å². The maximum absolute atomic E-state index is 13.3. The fraction of sp³-hybridized carbons (Fsp3) is 0.143. The van der Waals surface area contributed by atoms with E-state index in [1.54, 1.807) is 26.0 Å². The van der Waals surface area contributed by atoms with Crippen LogP contribution in [0, 0.1) is 19.7 Å². The summed E-state index contributed by atoms with van der Waals surface area (Å²) in [7, 11) is 0. The van der Waals surface area contributed by atoms with Gasteiger partial charge in [0.15, 0.2) is 0 Å². The number of pyridine rings is 1. The van der Waals surface area contributed by atoms with Crippen LogP contribution >= 0.6 is 15.9 Å². The molecule has 0 saturated heterocycles. The van der Waals surface area contributed by atoms with Crippen LogP contribution in [0.1, 0.15) is 21.6 Å². The molecule has 0 aliphatic rings. The first-order valence-corrected chi connectivity index (χ1v) is 6.58. The van der Waals surface area contributed by atoms with Gasteiger partial charge in [0, 0.05) is 16.2 Å². The quantitative estimate of drug-likeness (QED) is 0.931. The topological polar surface area (TPSA) is 65.2 Å². The lowest BCUT2D eigenvalue weighted by molar-refractivity contribution is 0.0997. The van der Waals surface area contributed by atoms with Crippen molar-refractivity contribution in [1.29, 1.82) is 0 Å². The van der Waals surface area contributed by atoms with E-state index in [2.05, 4.69) is 20.9 Å². The van der Waals surface area contributed by atoms with Crippen LogP contribution in [0.4, 0.5) is 4.39 Å². The summed E-state index contributed by atoms with van der Waals surface area (Å²) in [6.07, 6.45) is 0. The zero-order valence-corrected chi connectivity index (χ0v) is 12.5. The van der Waals surface area contributed by atoms with Gasteiger partial charge in [0.1, 0.15) is 17.1 Å². The molecular formula is C14H12BrFN2O2. The van der Waals surface area contributed by atoms with E-state index < -0.39 is 11.7 Å². The van der Waals surface area contributed by atoms with Crippen LogP contribution in [0.3, 0.4) is 0 Å². The summed E-state index contributed by atoms with van der Waals surface area (Å²) in [6, 6.07) is 5.81. The Bertz CT molecular complexity index is 669. The molecule has 1 heterocycles. The highest BCUT2D eigenvalue weighted by Crippen LogP contribution is 2.28. The van der Waals surface area contributed by atoms with Crippen molar-refractivity contribution in [3.63, 3.8) is 0 Å². The summed E-state index contributed by atoms with van der Waals surface area (Å²) in [5, 5.41) is 0. The third kappa shape index (κ3) is 3.14. The van der Waals surface area contributed by atoms with Crippen LogP contribution in [-0.4, -0.2) is 10.9 Å². The molecule has 1 aromatic carbocycles. The number of benzene rings is 1. The van der Waals surface area contributed by atoms with E-state index in [1.807, 2.05) is 0 Å². The van der Waals surface area contributed by atoms with Crippen molar-refractivity contribution in [2.24, 2.45) is 5.73 Å². The number of aromatic nitrogens is 1. The Balaban J connectivity index is 2.49. The van der Waals surface area contributed by atoms with Gasteiger partial charge in [-0.1, -0.05) is 15.9 Å².